The number of hydrogen-bond acceptors (Lipinski definition) is 2. The lowest BCUT2D eigenvalue weighted by molar-refractivity contribution is 1.32. The molecule has 0 saturated carbocycles. The molecule has 0 spiro atoms. The predicted molar refractivity (Wildman–Crippen MR) is 44.9 cm³/mol. The van der Waals surface area contributed by atoms with Crippen molar-refractivity contribution in [2.45, 2.75) is 0 Å². The van der Waals surface area contributed by atoms with Crippen LogP contribution >= 0.6 is 0 Å². The highest BCUT2D eigenvalue weighted by atomic mass is 14.7. The predicted octanol–water partition coefficient (Wildman–Crippen LogP) is 0.424. The monoisotopic (exact) mass is 140 g/mol. The lowest BCUT2D eigenvalue weighted by Gasteiger charge is -1.95. The molecule has 0 unspecified atom stereocenters. The van der Waals surface area contributed by atoms with E-state index in [0.717, 1.165) is 10.9 Å². The molecule has 0 saturated heterocycles. The summed E-state index contributed by atoms with van der Waals surface area (Å²) in [5.41, 5.74) is 1.56. The third kappa shape index (κ3) is 1.09. The van der Waals surface area contributed by atoms with Crippen LogP contribution in [0.3, 0.4) is 0 Å². The van der Waals surface area contributed by atoms with E-state index in [2.05, 4.69) is 9.97 Å². The van der Waals surface area contributed by atoms with Gasteiger partial charge in [0.25, 0.3) is 0 Å². The zero-order chi connectivity index (χ0) is 7.68. The molecule has 0 amide bonds. The van der Waals surface area contributed by atoms with Gasteiger partial charge in [-0.15, -0.1) is 0 Å². The van der Waals surface area contributed by atoms with Gasteiger partial charge in [0.15, 0.2) is 0 Å². The lowest BCUT2D eigenvalue weighted by atomic mass is 9.97. The van der Waals surface area contributed by atoms with Crippen molar-refractivity contribution in [3.8, 4) is 0 Å². The fraction of sp³-hybridized carbons (Fsp3) is 0. The van der Waals surface area contributed by atoms with E-state index in [1.807, 2.05) is 12.1 Å². The molecule has 0 aliphatic rings. The van der Waals surface area contributed by atoms with E-state index in [-0.39, 0.29) is 0 Å². The van der Waals surface area contributed by atoms with Crippen molar-refractivity contribution in [2.24, 2.45) is 0 Å². The second kappa shape index (κ2) is 2.34. The molecule has 11 heavy (non-hydrogen) atoms. The molecular formula is C8H5BN2. The van der Waals surface area contributed by atoms with Crippen LogP contribution < -0.4 is 5.46 Å². The average Bonchev–Trinajstić information content (AvgIpc) is 2.04. The Balaban J connectivity index is 2.83. The minimum atomic E-state index is 0.684. The molecule has 0 N–H and O–H groups in total. The number of aromatic nitrogens is 2. The van der Waals surface area contributed by atoms with E-state index < -0.39 is 0 Å². The van der Waals surface area contributed by atoms with Crippen LogP contribution in [0.2, 0.25) is 0 Å². The van der Waals surface area contributed by atoms with Crippen molar-refractivity contribution in [1.82, 2.24) is 9.97 Å². The molecule has 2 nitrogen and oxygen atoms in total. The Hall–Kier alpha value is -1.38. The van der Waals surface area contributed by atoms with Gasteiger partial charge >= 0.3 is 0 Å². The maximum Gasteiger partial charge on any atom is 0.115 e. The third-order valence-electron chi connectivity index (χ3n) is 1.51. The number of hydrogen-bond donors (Lipinski definition) is 0. The van der Waals surface area contributed by atoms with Crippen LogP contribution in [0, 0.1) is 0 Å². The molecule has 2 heterocycles. The van der Waals surface area contributed by atoms with Gasteiger partial charge < -0.3 is 0 Å². The highest BCUT2D eigenvalue weighted by Gasteiger charge is 1.91. The first kappa shape index (κ1) is 6.34. The molecule has 2 aromatic heterocycles. The van der Waals surface area contributed by atoms with Crippen molar-refractivity contribution >= 4 is 24.2 Å². The summed E-state index contributed by atoms with van der Waals surface area (Å²) < 4.78 is 0. The smallest absolute Gasteiger partial charge is 0.115 e. The summed E-state index contributed by atoms with van der Waals surface area (Å²) in [5, 5.41) is 1.03. The molecule has 2 aromatic rings. The number of nitrogens with zero attached hydrogens (tertiary/aromatic N) is 2. The number of rotatable bonds is 0. The lowest BCUT2D eigenvalue weighted by Crippen LogP contribution is -2.01. The summed E-state index contributed by atoms with van der Waals surface area (Å²) in [7, 11) is 5.54. The summed E-state index contributed by atoms with van der Waals surface area (Å²) in [4.78, 5) is 8.03. The zero-order valence-electron chi connectivity index (χ0n) is 5.86. The van der Waals surface area contributed by atoms with Gasteiger partial charge in [-0.05, 0) is 6.07 Å². The second-order valence-electron chi connectivity index (χ2n) is 2.34. The Morgan fingerprint density at radius 3 is 3.09 bits per heavy atom. The van der Waals surface area contributed by atoms with Gasteiger partial charge in [0.1, 0.15) is 7.85 Å². The summed E-state index contributed by atoms with van der Waals surface area (Å²) >= 11 is 0. The summed E-state index contributed by atoms with van der Waals surface area (Å²) in [5.74, 6) is 0. The summed E-state index contributed by atoms with van der Waals surface area (Å²) in [6.07, 6.45) is 5.07. The van der Waals surface area contributed by atoms with Crippen LogP contribution in [-0.2, 0) is 0 Å². The van der Waals surface area contributed by atoms with E-state index in [1.165, 1.54) is 0 Å². The minimum absolute atomic E-state index is 0.684. The van der Waals surface area contributed by atoms with Gasteiger partial charge in [0, 0.05) is 17.8 Å². The SMILES string of the molecule is [B]c1cnc2cnccc2c1. The molecule has 2 rings (SSSR count). The highest BCUT2D eigenvalue weighted by Crippen LogP contribution is 2.04. The number of pyridine rings is 2. The summed E-state index contributed by atoms with van der Waals surface area (Å²) in [6, 6.07) is 3.77. The fourth-order valence-corrected chi connectivity index (χ4v) is 0.988. The van der Waals surface area contributed by atoms with Gasteiger partial charge in [-0.25, -0.2) is 0 Å². The molecule has 0 bridgehead atoms. The van der Waals surface area contributed by atoms with Crippen LogP contribution in [-0.4, -0.2) is 17.8 Å². The molecule has 0 aliphatic heterocycles. The Kier molecular flexibility index (Phi) is 1.35. The maximum absolute atomic E-state index is 5.54. The van der Waals surface area contributed by atoms with Crippen molar-refractivity contribution in [3.63, 3.8) is 0 Å². The third-order valence-corrected chi connectivity index (χ3v) is 1.51. The Labute approximate surface area is 65.7 Å². The van der Waals surface area contributed by atoms with Crippen molar-refractivity contribution < 1.29 is 0 Å². The largest absolute Gasteiger partial charge is 0.262 e. The van der Waals surface area contributed by atoms with Crippen molar-refractivity contribution in [1.29, 1.82) is 0 Å². The summed E-state index contributed by atoms with van der Waals surface area (Å²) in [6.45, 7) is 0. The Bertz CT molecular complexity index is 387. The molecule has 0 aromatic carbocycles. The molecule has 0 atom stereocenters. The van der Waals surface area contributed by atoms with Gasteiger partial charge in [-0.3, -0.25) is 9.97 Å². The van der Waals surface area contributed by atoms with Gasteiger partial charge in [0.2, 0.25) is 0 Å². The van der Waals surface area contributed by atoms with Crippen LogP contribution in [0.1, 0.15) is 0 Å². The van der Waals surface area contributed by atoms with Crippen LogP contribution in [0.4, 0.5) is 0 Å². The van der Waals surface area contributed by atoms with E-state index in [1.54, 1.807) is 18.6 Å². The van der Waals surface area contributed by atoms with Gasteiger partial charge in [0.05, 0.1) is 11.7 Å². The van der Waals surface area contributed by atoms with Crippen molar-refractivity contribution in [3.05, 3.63) is 30.7 Å². The van der Waals surface area contributed by atoms with E-state index in [4.69, 9.17) is 7.85 Å². The van der Waals surface area contributed by atoms with Crippen LogP contribution in [0.5, 0.6) is 0 Å². The molecular weight excluding hydrogens is 135 g/mol. The molecule has 0 fully saturated rings. The first-order valence-corrected chi connectivity index (χ1v) is 3.31. The minimum Gasteiger partial charge on any atom is -0.262 e. The Morgan fingerprint density at radius 1 is 1.27 bits per heavy atom. The van der Waals surface area contributed by atoms with Crippen molar-refractivity contribution in [2.75, 3.05) is 0 Å². The highest BCUT2D eigenvalue weighted by molar-refractivity contribution is 6.32. The standard InChI is InChI=1S/C8H5BN2/c9-7-3-6-1-2-10-5-8(6)11-4-7/h1-5H. The topological polar surface area (TPSA) is 25.8 Å². The quantitative estimate of drug-likeness (QED) is 0.495. The number of fused-ring (bicyclic) bond motifs is 1. The molecule has 0 aliphatic carbocycles. The van der Waals surface area contributed by atoms with Gasteiger partial charge in [-0.2, -0.15) is 0 Å². The maximum atomic E-state index is 5.54. The van der Waals surface area contributed by atoms with E-state index in [0.29, 0.717) is 5.46 Å². The second-order valence-corrected chi connectivity index (χ2v) is 2.34. The fourth-order valence-electron chi connectivity index (χ4n) is 0.988. The van der Waals surface area contributed by atoms with Crippen LogP contribution in [0.15, 0.2) is 30.7 Å². The van der Waals surface area contributed by atoms with Gasteiger partial charge in [-0.1, -0.05) is 11.5 Å². The normalized spacial score (nSPS) is 10.2. The molecule has 50 valence electrons. The first-order chi connectivity index (χ1) is 5.36. The van der Waals surface area contributed by atoms with E-state index in [9.17, 15) is 0 Å². The molecule has 3 heteroatoms. The zero-order valence-corrected chi connectivity index (χ0v) is 5.86. The van der Waals surface area contributed by atoms with E-state index >= 15 is 0 Å². The van der Waals surface area contributed by atoms with Crippen LogP contribution in [0.25, 0.3) is 10.9 Å². The average molecular weight is 140 g/mol. The first-order valence-electron chi connectivity index (χ1n) is 3.31. The molecule has 2 radical (unpaired) electrons. The Morgan fingerprint density at radius 2 is 2.18 bits per heavy atom.